The van der Waals surface area contributed by atoms with Gasteiger partial charge in [-0.2, -0.15) is 0 Å². The van der Waals surface area contributed by atoms with Gasteiger partial charge in [0.2, 0.25) is 5.43 Å². The van der Waals surface area contributed by atoms with Crippen molar-refractivity contribution in [3.63, 3.8) is 0 Å². The first-order valence-corrected chi connectivity index (χ1v) is 10.6. The lowest BCUT2D eigenvalue weighted by Gasteiger charge is -2.38. The van der Waals surface area contributed by atoms with Crippen LogP contribution in [0.25, 0.3) is 0 Å². The Morgan fingerprint density at radius 2 is 1.94 bits per heavy atom. The number of rotatable bonds is 5. The van der Waals surface area contributed by atoms with Crippen LogP contribution in [0.4, 0.5) is 8.78 Å². The van der Waals surface area contributed by atoms with E-state index < -0.39 is 34.5 Å². The van der Waals surface area contributed by atoms with E-state index in [2.05, 4.69) is 4.90 Å². The number of benzene rings is 1. The van der Waals surface area contributed by atoms with E-state index in [9.17, 15) is 28.3 Å². The molecule has 1 fully saturated rings. The molecule has 0 aliphatic carbocycles. The third-order valence-corrected chi connectivity index (χ3v) is 6.29. The van der Waals surface area contributed by atoms with Gasteiger partial charge in [0.25, 0.3) is 5.91 Å². The Kier molecular flexibility index (Phi) is 5.62. The molecular formula is C23H25F2N3O4. The molecule has 0 spiro atoms. The molecule has 1 amide bonds. The molecule has 9 heteroatoms. The zero-order chi connectivity index (χ0) is 23.3. The largest absolute Gasteiger partial charge is 0.503 e. The van der Waals surface area contributed by atoms with Crippen LogP contribution < -0.4 is 5.43 Å². The zero-order valence-electron chi connectivity index (χ0n) is 18.1. The number of halogens is 2. The molecule has 1 N–H and O–H groups in total. The highest BCUT2D eigenvalue weighted by molar-refractivity contribution is 6.00. The number of Topliss-reactive ketones (excluding diaryl/α,β-unsaturated/α-hetero) is 1. The predicted molar refractivity (Wildman–Crippen MR) is 113 cm³/mol. The fraction of sp³-hybridized carbons (Fsp3) is 0.435. The van der Waals surface area contributed by atoms with Gasteiger partial charge in [-0.1, -0.05) is 6.07 Å². The van der Waals surface area contributed by atoms with Crippen LogP contribution in [0.15, 0.2) is 29.2 Å². The maximum absolute atomic E-state index is 13.9. The van der Waals surface area contributed by atoms with Crippen LogP contribution in [0.3, 0.4) is 0 Å². The van der Waals surface area contributed by atoms with Crippen LogP contribution in [-0.4, -0.2) is 56.0 Å². The van der Waals surface area contributed by atoms with E-state index in [1.807, 2.05) is 20.8 Å². The third kappa shape index (κ3) is 3.60. The number of nitrogens with zero attached hydrogens (tertiary/aromatic N) is 3. The van der Waals surface area contributed by atoms with Crippen LogP contribution in [0, 0.1) is 11.6 Å². The summed E-state index contributed by atoms with van der Waals surface area (Å²) >= 11 is 0. The zero-order valence-corrected chi connectivity index (χ0v) is 18.1. The highest BCUT2D eigenvalue weighted by Gasteiger charge is 2.46. The summed E-state index contributed by atoms with van der Waals surface area (Å²) in [5, 5.41) is 10.5. The van der Waals surface area contributed by atoms with E-state index in [1.165, 1.54) is 16.8 Å². The van der Waals surface area contributed by atoms with Gasteiger partial charge < -0.3 is 14.6 Å². The number of ketones is 1. The second kappa shape index (κ2) is 8.12. The summed E-state index contributed by atoms with van der Waals surface area (Å²) in [4.78, 5) is 42.4. The van der Waals surface area contributed by atoms with Crippen molar-refractivity contribution in [1.82, 2.24) is 14.4 Å². The summed E-state index contributed by atoms with van der Waals surface area (Å²) in [6.07, 6.45) is 0.844. The van der Waals surface area contributed by atoms with Crippen molar-refractivity contribution < 1.29 is 23.5 Å². The summed E-state index contributed by atoms with van der Waals surface area (Å²) in [6.45, 7) is 6.88. The quantitative estimate of drug-likeness (QED) is 0.716. The first kappa shape index (κ1) is 22.1. The second-order valence-corrected chi connectivity index (χ2v) is 8.71. The summed E-state index contributed by atoms with van der Waals surface area (Å²) in [7, 11) is 0. The van der Waals surface area contributed by atoms with Crippen LogP contribution >= 0.6 is 0 Å². The van der Waals surface area contributed by atoms with Crippen molar-refractivity contribution in [2.24, 2.45) is 0 Å². The molecule has 1 aromatic heterocycles. The third-order valence-electron chi connectivity index (χ3n) is 6.29. The molecule has 1 saturated heterocycles. The van der Waals surface area contributed by atoms with Crippen molar-refractivity contribution >= 4 is 11.7 Å². The van der Waals surface area contributed by atoms with E-state index in [0.717, 1.165) is 12.1 Å². The molecule has 1 unspecified atom stereocenters. The Labute approximate surface area is 183 Å². The molecule has 0 radical (unpaired) electrons. The van der Waals surface area contributed by atoms with E-state index in [4.69, 9.17) is 0 Å². The minimum absolute atomic E-state index is 0.0269. The number of aryl methyl sites for hydroxylation is 1. The minimum Gasteiger partial charge on any atom is -0.503 e. The van der Waals surface area contributed by atoms with Crippen molar-refractivity contribution in [2.75, 3.05) is 6.54 Å². The van der Waals surface area contributed by atoms with E-state index in [-0.39, 0.29) is 47.9 Å². The summed E-state index contributed by atoms with van der Waals surface area (Å²) < 4.78 is 28.4. The number of pyridine rings is 1. The standard InChI is InChI=1S/C23H25F2N3O4/c1-12(2)28-13(3)9-27-19(28)11-26-10-16(21(30)22(31)20(26)23(27)32)18(29)7-5-14-4-6-15(24)8-17(14)25/h4,6,8,10,12-13,19,31H,5,7,9,11H2,1-3H3/t13-,19?/m0/s1. The SMILES string of the molecule is CC(C)N1C2Cn3cc(C(=O)CCc4ccc(F)cc4F)c(=O)c(O)c3C(=O)N2C[C@@H]1C. The average Bonchev–Trinajstić information content (AvgIpc) is 3.06. The van der Waals surface area contributed by atoms with Crippen molar-refractivity contribution in [2.45, 2.75) is 58.4 Å². The molecule has 7 nitrogen and oxygen atoms in total. The molecule has 2 atom stereocenters. The first-order chi connectivity index (χ1) is 15.1. The minimum atomic E-state index is -0.916. The number of fused-ring (bicyclic) bond motifs is 2. The summed E-state index contributed by atoms with van der Waals surface area (Å²) in [6, 6.07) is 3.38. The van der Waals surface area contributed by atoms with Crippen LogP contribution in [0.2, 0.25) is 0 Å². The van der Waals surface area contributed by atoms with Gasteiger partial charge in [0.1, 0.15) is 17.8 Å². The second-order valence-electron chi connectivity index (χ2n) is 8.71. The van der Waals surface area contributed by atoms with Gasteiger partial charge in [0.05, 0.1) is 12.1 Å². The Bertz CT molecular complexity index is 1160. The first-order valence-electron chi connectivity index (χ1n) is 10.6. The van der Waals surface area contributed by atoms with E-state index in [1.54, 1.807) is 4.90 Å². The number of hydrogen-bond donors (Lipinski definition) is 1. The molecule has 1 aromatic carbocycles. The maximum Gasteiger partial charge on any atom is 0.275 e. The molecule has 3 heterocycles. The Morgan fingerprint density at radius 1 is 1.22 bits per heavy atom. The summed E-state index contributed by atoms with van der Waals surface area (Å²) in [5.41, 5.74) is -1.14. The molecule has 32 heavy (non-hydrogen) atoms. The molecule has 2 aliphatic rings. The molecule has 2 aromatic rings. The fourth-order valence-corrected chi connectivity index (χ4v) is 4.86. The molecule has 4 rings (SSSR count). The number of carbonyl (C=O) groups excluding carboxylic acids is 2. The molecule has 2 aliphatic heterocycles. The molecule has 170 valence electrons. The van der Waals surface area contributed by atoms with Crippen LogP contribution in [0.1, 0.15) is 53.6 Å². The van der Waals surface area contributed by atoms with Gasteiger partial charge in [-0.05, 0) is 38.8 Å². The van der Waals surface area contributed by atoms with Crippen LogP contribution in [-0.2, 0) is 13.0 Å². The van der Waals surface area contributed by atoms with Gasteiger partial charge in [-0.15, -0.1) is 0 Å². The van der Waals surface area contributed by atoms with Gasteiger partial charge in [-0.3, -0.25) is 19.3 Å². The lowest BCUT2D eigenvalue weighted by Crippen LogP contribution is -2.52. The number of carbonyl (C=O) groups is 2. The monoisotopic (exact) mass is 445 g/mol. The fourth-order valence-electron chi connectivity index (χ4n) is 4.86. The van der Waals surface area contributed by atoms with Gasteiger partial charge >= 0.3 is 0 Å². The van der Waals surface area contributed by atoms with Crippen LogP contribution in [0.5, 0.6) is 5.75 Å². The number of aromatic hydroxyl groups is 1. The highest BCUT2D eigenvalue weighted by Crippen LogP contribution is 2.32. The number of aromatic nitrogens is 1. The lowest BCUT2D eigenvalue weighted by molar-refractivity contribution is 0.0418. The Balaban J connectivity index is 1.64. The van der Waals surface area contributed by atoms with E-state index in [0.29, 0.717) is 13.1 Å². The summed E-state index contributed by atoms with van der Waals surface area (Å²) in [5.74, 6) is -3.26. The topological polar surface area (TPSA) is 82.9 Å². The smallest absolute Gasteiger partial charge is 0.275 e. The predicted octanol–water partition coefficient (Wildman–Crippen LogP) is 2.54. The van der Waals surface area contributed by atoms with Crippen molar-refractivity contribution in [1.29, 1.82) is 0 Å². The number of hydrogen-bond acceptors (Lipinski definition) is 5. The van der Waals surface area contributed by atoms with Gasteiger partial charge in [-0.25, -0.2) is 8.78 Å². The van der Waals surface area contributed by atoms with Crippen molar-refractivity contribution in [3.05, 3.63) is 63.1 Å². The average molecular weight is 445 g/mol. The van der Waals surface area contributed by atoms with Gasteiger partial charge in [0, 0.05) is 37.3 Å². The molecule has 0 saturated carbocycles. The Morgan fingerprint density at radius 3 is 2.59 bits per heavy atom. The maximum atomic E-state index is 13.9. The molecule has 0 bridgehead atoms. The van der Waals surface area contributed by atoms with Gasteiger partial charge in [0.15, 0.2) is 17.2 Å². The van der Waals surface area contributed by atoms with E-state index >= 15 is 0 Å². The Hall–Kier alpha value is -3.07. The highest BCUT2D eigenvalue weighted by atomic mass is 19.1. The lowest BCUT2D eigenvalue weighted by atomic mass is 10.0. The number of amides is 1. The molecular weight excluding hydrogens is 420 g/mol. The van der Waals surface area contributed by atoms with Crippen molar-refractivity contribution in [3.8, 4) is 5.75 Å². The normalized spacial score (nSPS) is 20.6.